The average Bonchev–Trinajstić information content (AvgIpc) is 3.23. The molecular weight excluding hydrogens is 370 g/mol. The van der Waals surface area contributed by atoms with Gasteiger partial charge in [0.2, 0.25) is 0 Å². The Balaban J connectivity index is 1.80. The minimum atomic E-state index is -1.02. The average molecular weight is 397 g/mol. The van der Waals surface area contributed by atoms with E-state index in [9.17, 15) is 14.7 Å². The number of carboxylic acid groups (broad SMARTS) is 1. The van der Waals surface area contributed by atoms with Gasteiger partial charge in [-0.25, -0.2) is 4.79 Å². The number of para-hydroxylation sites is 1. The van der Waals surface area contributed by atoms with Gasteiger partial charge in [0.15, 0.2) is 6.10 Å². The molecule has 6 nitrogen and oxygen atoms in total. The van der Waals surface area contributed by atoms with Crippen LogP contribution in [0.15, 0.2) is 54.6 Å². The highest BCUT2D eigenvalue weighted by atomic mass is 16.5. The van der Waals surface area contributed by atoms with Crippen LogP contribution < -0.4 is 4.74 Å². The van der Waals surface area contributed by atoms with E-state index in [4.69, 9.17) is 9.47 Å². The second-order valence-corrected chi connectivity index (χ2v) is 7.35. The van der Waals surface area contributed by atoms with Gasteiger partial charge >= 0.3 is 5.97 Å². The van der Waals surface area contributed by atoms with Gasteiger partial charge in [0.25, 0.3) is 5.91 Å². The van der Waals surface area contributed by atoms with Crippen LogP contribution in [0.4, 0.5) is 0 Å². The number of benzene rings is 2. The van der Waals surface area contributed by atoms with Crippen LogP contribution in [0, 0.1) is 0 Å². The Morgan fingerprint density at radius 3 is 2.41 bits per heavy atom. The van der Waals surface area contributed by atoms with E-state index in [1.165, 1.54) is 0 Å². The SMILES string of the molecule is COc1ccccc1CC(C)N(Cc1ccccc1)C(=O)[C@@H]1CC[C@H](C(=O)O)O1. The Kier molecular flexibility index (Phi) is 6.88. The number of ether oxygens (including phenoxy) is 2. The number of carbonyl (C=O) groups is 2. The smallest absolute Gasteiger partial charge is 0.332 e. The summed E-state index contributed by atoms with van der Waals surface area (Å²) in [5, 5.41) is 9.18. The van der Waals surface area contributed by atoms with Crippen molar-refractivity contribution in [3.63, 3.8) is 0 Å². The molecule has 1 saturated heterocycles. The molecule has 154 valence electrons. The molecule has 0 saturated carbocycles. The van der Waals surface area contributed by atoms with Crippen LogP contribution in [-0.2, 0) is 27.3 Å². The summed E-state index contributed by atoms with van der Waals surface area (Å²) < 4.78 is 11.0. The maximum atomic E-state index is 13.3. The molecule has 6 heteroatoms. The second kappa shape index (κ2) is 9.56. The first-order valence-electron chi connectivity index (χ1n) is 9.84. The number of hydrogen-bond acceptors (Lipinski definition) is 4. The van der Waals surface area contributed by atoms with Crippen molar-refractivity contribution < 1.29 is 24.2 Å². The van der Waals surface area contributed by atoms with Crippen molar-refractivity contribution in [2.45, 2.75) is 51.0 Å². The lowest BCUT2D eigenvalue weighted by atomic mass is 10.0. The highest BCUT2D eigenvalue weighted by molar-refractivity contribution is 5.83. The molecule has 2 aromatic rings. The predicted octanol–water partition coefficient (Wildman–Crippen LogP) is 3.29. The fourth-order valence-corrected chi connectivity index (χ4v) is 3.72. The van der Waals surface area contributed by atoms with Gasteiger partial charge in [-0.3, -0.25) is 4.79 Å². The van der Waals surface area contributed by atoms with Crippen LogP contribution in [0.5, 0.6) is 5.75 Å². The summed E-state index contributed by atoms with van der Waals surface area (Å²) >= 11 is 0. The predicted molar refractivity (Wildman–Crippen MR) is 109 cm³/mol. The summed E-state index contributed by atoms with van der Waals surface area (Å²) in [6.07, 6.45) is -0.238. The third-order valence-corrected chi connectivity index (χ3v) is 5.29. The first-order valence-corrected chi connectivity index (χ1v) is 9.84. The van der Waals surface area contributed by atoms with E-state index in [0.29, 0.717) is 25.8 Å². The molecule has 1 fully saturated rings. The van der Waals surface area contributed by atoms with Crippen molar-refractivity contribution in [1.29, 1.82) is 0 Å². The van der Waals surface area contributed by atoms with Crippen LogP contribution in [0.3, 0.4) is 0 Å². The van der Waals surface area contributed by atoms with E-state index in [2.05, 4.69) is 0 Å². The van der Waals surface area contributed by atoms with E-state index in [0.717, 1.165) is 16.9 Å². The first-order chi connectivity index (χ1) is 14.0. The fourth-order valence-electron chi connectivity index (χ4n) is 3.72. The van der Waals surface area contributed by atoms with Crippen LogP contribution in [-0.4, -0.2) is 47.2 Å². The molecule has 0 aliphatic carbocycles. The van der Waals surface area contributed by atoms with Crippen LogP contribution in [0.1, 0.15) is 30.9 Å². The van der Waals surface area contributed by atoms with Gasteiger partial charge in [0, 0.05) is 12.6 Å². The van der Waals surface area contributed by atoms with Gasteiger partial charge < -0.3 is 19.5 Å². The first kappa shape index (κ1) is 20.9. The van der Waals surface area contributed by atoms with E-state index in [-0.39, 0.29) is 11.9 Å². The quantitative estimate of drug-likeness (QED) is 0.740. The monoisotopic (exact) mass is 397 g/mol. The fraction of sp³-hybridized carbons (Fsp3) is 0.391. The molecule has 1 unspecified atom stereocenters. The van der Waals surface area contributed by atoms with E-state index in [1.807, 2.05) is 61.5 Å². The lowest BCUT2D eigenvalue weighted by Gasteiger charge is -2.32. The molecule has 2 aromatic carbocycles. The zero-order valence-corrected chi connectivity index (χ0v) is 16.8. The zero-order chi connectivity index (χ0) is 20.8. The van der Waals surface area contributed by atoms with Gasteiger partial charge in [0.1, 0.15) is 11.9 Å². The molecule has 0 spiro atoms. The van der Waals surface area contributed by atoms with Crippen molar-refractivity contribution in [2.75, 3.05) is 7.11 Å². The molecule has 29 heavy (non-hydrogen) atoms. The highest BCUT2D eigenvalue weighted by Crippen LogP contribution is 2.26. The third-order valence-electron chi connectivity index (χ3n) is 5.29. The van der Waals surface area contributed by atoms with Crippen molar-refractivity contribution in [3.05, 3.63) is 65.7 Å². The van der Waals surface area contributed by atoms with Crippen molar-refractivity contribution >= 4 is 11.9 Å². The molecule has 3 rings (SSSR count). The normalized spacial score (nSPS) is 19.5. The minimum Gasteiger partial charge on any atom is -0.496 e. The maximum absolute atomic E-state index is 13.3. The van der Waals surface area contributed by atoms with Crippen LogP contribution >= 0.6 is 0 Å². The molecule has 1 aliphatic heterocycles. The Morgan fingerprint density at radius 2 is 1.76 bits per heavy atom. The number of methoxy groups -OCH3 is 1. The topological polar surface area (TPSA) is 76.1 Å². The van der Waals surface area contributed by atoms with Gasteiger partial charge in [0.05, 0.1) is 7.11 Å². The zero-order valence-electron chi connectivity index (χ0n) is 16.8. The lowest BCUT2D eigenvalue weighted by Crippen LogP contribution is -2.45. The molecule has 1 N–H and O–H groups in total. The van der Waals surface area contributed by atoms with Gasteiger partial charge in [-0.15, -0.1) is 0 Å². The summed E-state index contributed by atoms with van der Waals surface area (Å²) in [6.45, 7) is 2.44. The number of amides is 1. The molecular formula is C23H27NO5. The van der Waals surface area contributed by atoms with Gasteiger partial charge in [-0.2, -0.15) is 0 Å². The van der Waals surface area contributed by atoms with Crippen LogP contribution in [0.2, 0.25) is 0 Å². The minimum absolute atomic E-state index is 0.119. The number of carboxylic acids is 1. The van der Waals surface area contributed by atoms with Gasteiger partial charge in [-0.1, -0.05) is 48.5 Å². The van der Waals surface area contributed by atoms with Gasteiger partial charge in [-0.05, 0) is 43.4 Å². The number of hydrogen-bond donors (Lipinski definition) is 1. The molecule has 1 aliphatic rings. The van der Waals surface area contributed by atoms with E-state index < -0.39 is 18.2 Å². The third kappa shape index (κ3) is 5.15. The second-order valence-electron chi connectivity index (χ2n) is 7.35. The molecule has 1 amide bonds. The maximum Gasteiger partial charge on any atom is 0.332 e. The molecule has 1 heterocycles. The number of rotatable bonds is 8. The molecule has 0 bridgehead atoms. The Morgan fingerprint density at radius 1 is 1.10 bits per heavy atom. The van der Waals surface area contributed by atoms with Crippen molar-refractivity contribution in [2.24, 2.45) is 0 Å². The van der Waals surface area contributed by atoms with Crippen LogP contribution in [0.25, 0.3) is 0 Å². The summed E-state index contributed by atoms with van der Waals surface area (Å²) in [5.41, 5.74) is 2.03. The van der Waals surface area contributed by atoms with E-state index in [1.54, 1.807) is 12.0 Å². The summed E-state index contributed by atoms with van der Waals surface area (Å²) in [5.74, 6) is -0.397. The summed E-state index contributed by atoms with van der Waals surface area (Å²) in [6, 6.07) is 17.4. The Labute approximate surface area is 171 Å². The Hall–Kier alpha value is -2.86. The lowest BCUT2D eigenvalue weighted by molar-refractivity contribution is -0.155. The van der Waals surface area contributed by atoms with Crippen molar-refractivity contribution in [3.8, 4) is 5.75 Å². The molecule has 0 radical (unpaired) electrons. The summed E-state index contributed by atoms with van der Waals surface area (Å²) in [7, 11) is 1.63. The number of carbonyl (C=O) groups excluding carboxylic acids is 1. The molecule has 0 aromatic heterocycles. The Bertz CT molecular complexity index is 838. The largest absolute Gasteiger partial charge is 0.496 e. The number of nitrogens with zero attached hydrogens (tertiary/aromatic N) is 1. The highest BCUT2D eigenvalue weighted by Gasteiger charge is 2.38. The summed E-state index contributed by atoms with van der Waals surface area (Å²) in [4.78, 5) is 26.3. The van der Waals surface area contributed by atoms with E-state index >= 15 is 0 Å². The standard InChI is InChI=1S/C23H27NO5/c1-16(14-18-10-6-7-11-19(18)28-2)24(15-17-8-4-3-5-9-17)22(25)20-12-13-21(29-20)23(26)27/h3-11,16,20-21H,12-15H2,1-2H3,(H,26,27)/t16?,20-,21+/m0/s1. The number of aliphatic carboxylic acids is 1. The van der Waals surface area contributed by atoms with Crippen molar-refractivity contribution in [1.82, 2.24) is 4.90 Å². The molecule has 3 atom stereocenters.